The number of rotatable bonds is 0. The lowest BCUT2D eigenvalue weighted by Crippen LogP contribution is -2.28. The van der Waals surface area contributed by atoms with Crippen LogP contribution in [0, 0.1) is 5.41 Å². The third-order valence-corrected chi connectivity index (χ3v) is 2.20. The summed E-state index contributed by atoms with van der Waals surface area (Å²) >= 11 is 0. The summed E-state index contributed by atoms with van der Waals surface area (Å²) in [6.45, 7) is 5.05. The van der Waals surface area contributed by atoms with Crippen LogP contribution in [0.4, 0.5) is 0 Å². The van der Waals surface area contributed by atoms with Crippen molar-refractivity contribution < 1.29 is 14.4 Å². The molecule has 1 rings (SSSR count). The minimum Gasteiger partial charge on any atom is -0.359 e. The number of likely N-dealkylation sites (tertiary alicyclic amines) is 1. The van der Waals surface area contributed by atoms with Crippen LogP contribution in [0.3, 0.4) is 0 Å². The largest absolute Gasteiger partial charge is 0.359 e. The zero-order chi connectivity index (χ0) is 12.2. The van der Waals surface area contributed by atoms with E-state index in [9.17, 15) is 14.4 Å². The van der Waals surface area contributed by atoms with Gasteiger partial charge in [-0.2, -0.15) is 0 Å². The van der Waals surface area contributed by atoms with Gasteiger partial charge in [0.05, 0.1) is 5.41 Å². The van der Waals surface area contributed by atoms with Crippen LogP contribution in [0.25, 0.3) is 0 Å². The Bertz CT molecular complexity index is 284. The molecule has 1 N–H and O–H groups in total. The van der Waals surface area contributed by atoms with Gasteiger partial charge < -0.3 is 5.32 Å². The summed E-state index contributed by atoms with van der Waals surface area (Å²) < 4.78 is 0. The maximum absolute atomic E-state index is 11.1. The molecular weight excluding hydrogens is 196 g/mol. The molecule has 5 nitrogen and oxygen atoms in total. The average molecular weight is 214 g/mol. The van der Waals surface area contributed by atoms with Crippen molar-refractivity contribution in [2.75, 3.05) is 14.1 Å². The Kier molecular flexibility index (Phi) is 4.45. The maximum Gasteiger partial charge on any atom is 0.235 e. The van der Waals surface area contributed by atoms with Crippen molar-refractivity contribution in [3.8, 4) is 0 Å². The highest BCUT2D eigenvalue weighted by atomic mass is 16.2. The summed E-state index contributed by atoms with van der Waals surface area (Å²) in [5.41, 5.74) is -0.466. The second-order valence-electron chi connectivity index (χ2n) is 4.12. The SMILES string of the molecule is CN1C(=O)CC(C)(C)C1=O.CNC(C)=O. The van der Waals surface area contributed by atoms with E-state index in [0.29, 0.717) is 6.42 Å². The molecule has 15 heavy (non-hydrogen) atoms. The van der Waals surface area contributed by atoms with Gasteiger partial charge in [-0.25, -0.2) is 0 Å². The van der Waals surface area contributed by atoms with Crippen molar-refractivity contribution in [3.63, 3.8) is 0 Å². The molecule has 0 bridgehead atoms. The fourth-order valence-corrected chi connectivity index (χ4v) is 1.14. The molecule has 0 radical (unpaired) electrons. The van der Waals surface area contributed by atoms with Crippen molar-refractivity contribution in [2.24, 2.45) is 5.41 Å². The van der Waals surface area contributed by atoms with Gasteiger partial charge in [-0.1, -0.05) is 13.8 Å². The highest BCUT2D eigenvalue weighted by molar-refractivity contribution is 6.05. The van der Waals surface area contributed by atoms with Gasteiger partial charge in [-0.3, -0.25) is 19.3 Å². The van der Waals surface area contributed by atoms with Crippen molar-refractivity contribution in [2.45, 2.75) is 27.2 Å². The van der Waals surface area contributed by atoms with Gasteiger partial charge in [0.15, 0.2) is 0 Å². The van der Waals surface area contributed by atoms with Gasteiger partial charge >= 0.3 is 0 Å². The van der Waals surface area contributed by atoms with Crippen LogP contribution in [0.1, 0.15) is 27.2 Å². The first-order valence-corrected chi connectivity index (χ1v) is 4.71. The monoisotopic (exact) mass is 214 g/mol. The second-order valence-corrected chi connectivity index (χ2v) is 4.12. The van der Waals surface area contributed by atoms with Crippen LogP contribution in [-0.2, 0) is 14.4 Å². The summed E-state index contributed by atoms with van der Waals surface area (Å²) in [5.74, 6) is -0.141. The molecule has 1 aliphatic heterocycles. The summed E-state index contributed by atoms with van der Waals surface area (Å²) in [6.07, 6.45) is 0.350. The highest BCUT2D eigenvalue weighted by Gasteiger charge is 2.42. The molecule has 0 atom stereocenters. The van der Waals surface area contributed by atoms with E-state index < -0.39 is 5.41 Å². The first kappa shape index (κ1) is 13.6. The standard InChI is InChI=1S/C7H11NO2.C3H7NO/c1-7(2)4-5(9)8(3)6(7)10;1-3(5)4-2/h4H2,1-3H3;1-2H3,(H,4,5). The average Bonchev–Trinajstić information content (AvgIpc) is 2.30. The molecule has 3 amide bonds. The van der Waals surface area contributed by atoms with E-state index in [2.05, 4.69) is 5.32 Å². The summed E-state index contributed by atoms with van der Waals surface area (Å²) in [4.78, 5) is 32.9. The minimum atomic E-state index is -0.466. The predicted octanol–water partition coefficient (Wildman–Crippen LogP) is 0.154. The molecule has 1 heterocycles. The molecule has 1 saturated heterocycles. The fraction of sp³-hybridized carbons (Fsp3) is 0.700. The minimum absolute atomic E-state index is 0.00463. The van der Waals surface area contributed by atoms with Crippen LogP contribution < -0.4 is 5.32 Å². The van der Waals surface area contributed by atoms with E-state index >= 15 is 0 Å². The van der Waals surface area contributed by atoms with E-state index in [1.165, 1.54) is 18.9 Å². The zero-order valence-corrected chi connectivity index (χ0v) is 9.88. The normalized spacial score (nSPS) is 18.3. The summed E-state index contributed by atoms with van der Waals surface area (Å²) in [7, 11) is 3.13. The number of carbonyl (C=O) groups excluding carboxylic acids is 3. The molecule has 0 aliphatic carbocycles. The van der Waals surface area contributed by atoms with E-state index in [1.54, 1.807) is 20.9 Å². The third-order valence-electron chi connectivity index (χ3n) is 2.20. The smallest absolute Gasteiger partial charge is 0.235 e. The maximum atomic E-state index is 11.1. The van der Waals surface area contributed by atoms with E-state index in [0.717, 1.165) is 0 Å². The highest BCUT2D eigenvalue weighted by Crippen LogP contribution is 2.29. The number of hydrogen-bond donors (Lipinski definition) is 1. The van der Waals surface area contributed by atoms with Crippen molar-refractivity contribution >= 4 is 17.7 Å². The van der Waals surface area contributed by atoms with Crippen LogP contribution in [0.15, 0.2) is 0 Å². The fourth-order valence-electron chi connectivity index (χ4n) is 1.14. The Hall–Kier alpha value is -1.39. The van der Waals surface area contributed by atoms with Gasteiger partial charge in [-0.15, -0.1) is 0 Å². The molecule has 5 heteroatoms. The number of hydrogen-bond acceptors (Lipinski definition) is 3. The number of nitrogens with one attached hydrogen (secondary N) is 1. The van der Waals surface area contributed by atoms with E-state index in [-0.39, 0.29) is 17.7 Å². The molecule has 1 fully saturated rings. The molecule has 0 unspecified atom stereocenters. The molecule has 0 saturated carbocycles. The van der Waals surface area contributed by atoms with Gasteiger partial charge in [-0.05, 0) is 0 Å². The topological polar surface area (TPSA) is 66.5 Å². The first-order chi connectivity index (χ1) is 6.72. The van der Waals surface area contributed by atoms with Gasteiger partial charge in [0, 0.05) is 27.4 Å². The van der Waals surface area contributed by atoms with Crippen LogP contribution in [0.2, 0.25) is 0 Å². The summed E-state index contributed by atoms with van der Waals surface area (Å²) in [6, 6.07) is 0. The Balaban J connectivity index is 0.000000336. The second kappa shape index (κ2) is 4.91. The molecule has 1 aliphatic rings. The van der Waals surface area contributed by atoms with Crippen molar-refractivity contribution in [1.82, 2.24) is 10.2 Å². The predicted molar refractivity (Wildman–Crippen MR) is 55.9 cm³/mol. The van der Waals surface area contributed by atoms with Crippen LogP contribution >= 0.6 is 0 Å². The Morgan fingerprint density at radius 3 is 1.87 bits per heavy atom. The quantitative estimate of drug-likeness (QED) is 0.584. The molecule has 0 aromatic carbocycles. The third kappa shape index (κ3) is 3.69. The van der Waals surface area contributed by atoms with Gasteiger partial charge in [0.1, 0.15) is 0 Å². The van der Waals surface area contributed by atoms with Crippen molar-refractivity contribution in [3.05, 3.63) is 0 Å². The number of nitrogens with zero attached hydrogens (tertiary/aromatic N) is 1. The Labute approximate surface area is 89.8 Å². The molecule has 86 valence electrons. The van der Waals surface area contributed by atoms with Crippen LogP contribution in [0.5, 0.6) is 0 Å². The molecule has 0 aromatic rings. The zero-order valence-electron chi connectivity index (χ0n) is 9.88. The number of amides is 3. The number of carbonyl (C=O) groups is 3. The first-order valence-electron chi connectivity index (χ1n) is 4.71. The molecular formula is C10H18N2O3. The van der Waals surface area contributed by atoms with Crippen molar-refractivity contribution in [1.29, 1.82) is 0 Å². The van der Waals surface area contributed by atoms with Crippen LogP contribution in [-0.4, -0.2) is 36.7 Å². The lowest BCUT2D eigenvalue weighted by Gasteiger charge is -2.12. The molecule has 0 aromatic heterocycles. The lowest BCUT2D eigenvalue weighted by atomic mass is 9.92. The lowest BCUT2D eigenvalue weighted by molar-refractivity contribution is -0.139. The number of imide groups is 1. The Morgan fingerprint density at radius 1 is 1.40 bits per heavy atom. The van der Waals surface area contributed by atoms with Gasteiger partial charge in [0.25, 0.3) is 0 Å². The van der Waals surface area contributed by atoms with E-state index in [4.69, 9.17) is 0 Å². The summed E-state index contributed by atoms with van der Waals surface area (Å²) in [5, 5.41) is 2.39. The van der Waals surface area contributed by atoms with E-state index in [1.807, 2.05) is 0 Å². The molecule has 0 spiro atoms. The Morgan fingerprint density at radius 2 is 1.80 bits per heavy atom. The van der Waals surface area contributed by atoms with Gasteiger partial charge in [0.2, 0.25) is 17.7 Å².